The first kappa shape index (κ1) is 20.9. The van der Waals surface area contributed by atoms with E-state index in [-0.39, 0.29) is 33.9 Å². The Labute approximate surface area is 169 Å². The maximum Gasteiger partial charge on any atom is 0.431 e. The quantitative estimate of drug-likeness (QED) is 0.602. The molecule has 0 unspecified atom stereocenters. The van der Waals surface area contributed by atoms with Crippen LogP contribution in [-0.4, -0.2) is 29.3 Å². The van der Waals surface area contributed by atoms with Crippen LogP contribution in [0.2, 0.25) is 10.0 Å². The summed E-state index contributed by atoms with van der Waals surface area (Å²) in [4.78, 5) is 25.9. The van der Waals surface area contributed by atoms with E-state index in [9.17, 15) is 22.8 Å². The predicted molar refractivity (Wildman–Crippen MR) is 95.4 cm³/mol. The highest BCUT2D eigenvalue weighted by Gasteiger charge is 2.35. The van der Waals surface area contributed by atoms with E-state index in [1.807, 2.05) is 0 Å². The molecule has 0 aliphatic carbocycles. The number of alkyl halides is 3. The minimum absolute atomic E-state index is 0.00682. The first-order valence-corrected chi connectivity index (χ1v) is 8.50. The Morgan fingerprint density at radius 2 is 1.79 bits per heavy atom. The number of ether oxygens (including phenoxy) is 1. The highest BCUT2D eigenvalue weighted by atomic mass is 35.5. The van der Waals surface area contributed by atoms with Crippen LogP contribution in [0.1, 0.15) is 11.5 Å². The molecule has 0 N–H and O–H groups in total. The Hall–Kier alpha value is -2.86. The van der Waals surface area contributed by atoms with Gasteiger partial charge in [0.2, 0.25) is 5.82 Å². The van der Waals surface area contributed by atoms with Crippen molar-refractivity contribution >= 4 is 23.2 Å². The van der Waals surface area contributed by atoms with Crippen molar-refractivity contribution in [1.29, 1.82) is 0 Å². The molecule has 3 aromatic rings. The minimum Gasteiger partial charge on any atom is -0.484 e. The molecule has 0 aliphatic heterocycles. The Morgan fingerprint density at radius 1 is 1.10 bits per heavy atom. The van der Waals surface area contributed by atoms with Crippen LogP contribution in [0, 0.1) is 0 Å². The van der Waals surface area contributed by atoms with Gasteiger partial charge in [0.15, 0.2) is 6.61 Å². The zero-order valence-electron chi connectivity index (χ0n) is 14.7. The lowest BCUT2D eigenvalue weighted by molar-refractivity contribution is -0.144. The molecule has 0 spiro atoms. The van der Waals surface area contributed by atoms with Crippen molar-refractivity contribution < 1.29 is 17.9 Å². The number of aromatic nitrogens is 6. The first-order chi connectivity index (χ1) is 13.5. The van der Waals surface area contributed by atoms with Crippen LogP contribution in [0.25, 0.3) is 5.69 Å². The van der Waals surface area contributed by atoms with Gasteiger partial charge in [0.05, 0.1) is 22.8 Å². The predicted octanol–water partition coefficient (Wildman–Crippen LogP) is 1.96. The molecule has 1 aromatic carbocycles. The zero-order chi connectivity index (χ0) is 21.5. The third-order valence-electron chi connectivity index (χ3n) is 3.76. The Kier molecular flexibility index (Phi) is 5.41. The topological polar surface area (TPSA) is 96.8 Å². The van der Waals surface area contributed by atoms with Gasteiger partial charge in [-0.05, 0) is 11.3 Å². The summed E-state index contributed by atoms with van der Waals surface area (Å²) in [6, 6.07) is 2.66. The van der Waals surface area contributed by atoms with Crippen LogP contribution in [0.4, 0.5) is 13.2 Å². The van der Waals surface area contributed by atoms with E-state index in [0.29, 0.717) is 15.2 Å². The fourth-order valence-electron chi connectivity index (χ4n) is 2.44. The van der Waals surface area contributed by atoms with Crippen LogP contribution in [-0.2, 0) is 26.9 Å². The highest BCUT2D eigenvalue weighted by molar-refractivity contribution is 6.36. The third-order valence-corrected chi connectivity index (χ3v) is 4.36. The van der Waals surface area contributed by atoms with Crippen molar-refractivity contribution in [2.24, 2.45) is 14.1 Å². The minimum atomic E-state index is -4.88. The average Bonchev–Trinajstić information content (AvgIpc) is 3.03. The summed E-state index contributed by atoms with van der Waals surface area (Å²) in [5, 5.41) is 11.2. The number of benzene rings is 1. The molecule has 9 nitrogen and oxygen atoms in total. The number of halogens is 5. The number of hydrogen-bond acceptors (Lipinski definition) is 6. The highest BCUT2D eigenvalue weighted by Crippen LogP contribution is 2.33. The molecule has 0 saturated carbocycles. The van der Waals surface area contributed by atoms with Crippen LogP contribution >= 0.6 is 23.2 Å². The van der Waals surface area contributed by atoms with Crippen molar-refractivity contribution in [3.05, 3.63) is 60.6 Å². The second-order valence-corrected chi connectivity index (χ2v) is 6.57. The summed E-state index contributed by atoms with van der Waals surface area (Å²) in [6.07, 6.45) is -4.88. The Balaban J connectivity index is 2.08. The zero-order valence-corrected chi connectivity index (χ0v) is 16.2. The van der Waals surface area contributed by atoms with Crippen molar-refractivity contribution in [1.82, 2.24) is 29.3 Å². The third kappa shape index (κ3) is 4.12. The van der Waals surface area contributed by atoms with Crippen molar-refractivity contribution in [2.75, 3.05) is 0 Å². The molecule has 2 heterocycles. The van der Waals surface area contributed by atoms with Gasteiger partial charge in [0, 0.05) is 19.2 Å². The molecule has 0 fully saturated rings. The van der Waals surface area contributed by atoms with Gasteiger partial charge in [0.1, 0.15) is 11.4 Å². The lowest BCUT2D eigenvalue weighted by Gasteiger charge is -2.15. The monoisotopic (exact) mass is 450 g/mol. The van der Waals surface area contributed by atoms with Crippen LogP contribution in [0.5, 0.6) is 5.75 Å². The van der Waals surface area contributed by atoms with Crippen molar-refractivity contribution in [2.45, 2.75) is 12.8 Å². The summed E-state index contributed by atoms with van der Waals surface area (Å²) in [6.45, 7) is -0.144. The lowest BCUT2D eigenvalue weighted by Crippen LogP contribution is -2.40. The van der Waals surface area contributed by atoms with Gasteiger partial charge in [-0.25, -0.2) is 9.36 Å². The van der Waals surface area contributed by atoms with Crippen LogP contribution < -0.4 is 16.0 Å². The standard InChI is InChI=1S/C15H11Cl2F3N6O3/c1-24-11(15(18,19)20)5-13(27)26(14(24)28)9-4-10(8(17)3-7(9)16)29-6-12-21-23-25(2)22-12/h3-5H,6H2,1-2H3. The molecule has 154 valence electrons. The molecular weight excluding hydrogens is 440 g/mol. The van der Waals surface area contributed by atoms with Crippen LogP contribution in [0.3, 0.4) is 0 Å². The number of tetrazole rings is 1. The molecule has 0 atom stereocenters. The van der Waals surface area contributed by atoms with E-state index in [4.69, 9.17) is 27.9 Å². The summed E-state index contributed by atoms with van der Waals surface area (Å²) in [5.74, 6) is 0.232. The smallest absolute Gasteiger partial charge is 0.431 e. The number of nitrogens with zero attached hydrogens (tertiary/aromatic N) is 6. The number of rotatable bonds is 4. The maximum absolute atomic E-state index is 13.0. The summed E-state index contributed by atoms with van der Waals surface area (Å²) in [5.41, 5.74) is -4.04. The summed E-state index contributed by atoms with van der Waals surface area (Å²) in [7, 11) is 2.44. The number of hydrogen-bond donors (Lipinski definition) is 0. The van der Waals surface area contributed by atoms with Gasteiger partial charge in [-0.2, -0.15) is 18.0 Å². The summed E-state index contributed by atoms with van der Waals surface area (Å²) >= 11 is 12.1. The second kappa shape index (κ2) is 7.52. The van der Waals surface area contributed by atoms with E-state index in [1.165, 1.54) is 10.9 Å². The Morgan fingerprint density at radius 3 is 2.38 bits per heavy atom. The fraction of sp³-hybridized carbons (Fsp3) is 0.267. The molecule has 0 amide bonds. The SMILES string of the molecule is Cn1nnc(COc2cc(-n3c(=O)cc(C(F)(F)F)n(C)c3=O)c(Cl)cc2Cl)n1. The van der Waals surface area contributed by atoms with E-state index in [1.54, 1.807) is 7.05 Å². The molecule has 2 aromatic heterocycles. The normalized spacial score (nSPS) is 11.7. The van der Waals surface area contributed by atoms with Crippen molar-refractivity contribution in [3.8, 4) is 11.4 Å². The van der Waals surface area contributed by atoms with Crippen LogP contribution in [0.15, 0.2) is 27.8 Å². The Bertz CT molecular complexity index is 1200. The fourth-order valence-corrected chi connectivity index (χ4v) is 2.97. The van der Waals surface area contributed by atoms with Gasteiger partial charge in [-0.3, -0.25) is 9.36 Å². The molecule has 0 aliphatic rings. The second-order valence-electron chi connectivity index (χ2n) is 5.76. The van der Waals surface area contributed by atoms with Gasteiger partial charge in [0.25, 0.3) is 5.56 Å². The maximum atomic E-state index is 13.0. The van der Waals surface area contributed by atoms with Gasteiger partial charge in [-0.15, -0.1) is 10.2 Å². The molecular formula is C15H11Cl2F3N6O3. The molecule has 29 heavy (non-hydrogen) atoms. The first-order valence-electron chi connectivity index (χ1n) is 7.74. The van der Waals surface area contributed by atoms with E-state index in [2.05, 4.69) is 15.4 Å². The average molecular weight is 451 g/mol. The van der Waals surface area contributed by atoms with E-state index < -0.39 is 23.1 Å². The molecule has 0 bridgehead atoms. The number of aryl methyl sites for hydroxylation is 1. The molecule has 3 rings (SSSR count). The van der Waals surface area contributed by atoms with Crippen molar-refractivity contribution in [3.63, 3.8) is 0 Å². The van der Waals surface area contributed by atoms with E-state index in [0.717, 1.165) is 13.1 Å². The van der Waals surface area contributed by atoms with E-state index >= 15 is 0 Å². The molecule has 14 heteroatoms. The van der Waals surface area contributed by atoms with Gasteiger partial charge < -0.3 is 4.74 Å². The largest absolute Gasteiger partial charge is 0.484 e. The molecule has 0 radical (unpaired) electrons. The lowest BCUT2D eigenvalue weighted by atomic mass is 10.2. The molecule has 0 saturated heterocycles. The van der Waals surface area contributed by atoms with Gasteiger partial charge >= 0.3 is 11.9 Å². The summed E-state index contributed by atoms with van der Waals surface area (Å²) < 4.78 is 45.3. The van der Waals surface area contributed by atoms with Gasteiger partial charge in [-0.1, -0.05) is 23.2 Å².